The number of ether oxygens (including phenoxy) is 5. The Bertz CT molecular complexity index is 1970. The molecule has 0 saturated heterocycles. The quantitative estimate of drug-likeness (QED) is 0.168. The van der Waals surface area contributed by atoms with Crippen molar-refractivity contribution in [3.05, 3.63) is 78.2 Å². The number of aliphatic carboxylic acids is 1. The first-order valence-corrected chi connectivity index (χ1v) is 20.5. The summed E-state index contributed by atoms with van der Waals surface area (Å²) in [4.78, 5) is 29.2. The van der Waals surface area contributed by atoms with Crippen molar-refractivity contribution in [2.75, 3.05) is 19.8 Å². The molecule has 0 saturated carbocycles. The van der Waals surface area contributed by atoms with Gasteiger partial charge in [0, 0.05) is 41.8 Å². The lowest BCUT2D eigenvalue weighted by atomic mass is 9.93. The van der Waals surface area contributed by atoms with Crippen molar-refractivity contribution in [3.8, 4) is 33.8 Å². The van der Waals surface area contributed by atoms with Gasteiger partial charge in [-0.1, -0.05) is 12.1 Å². The average Bonchev–Trinajstić information content (AvgIpc) is 3.56. The fourth-order valence-electron chi connectivity index (χ4n) is 7.17. The Balaban J connectivity index is 0.000000208. The van der Waals surface area contributed by atoms with Crippen molar-refractivity contribution >= 4 is 34.6 Å². The van der Waals surface area contributed by atoms with Crippen molar-refractivity contribution in [2.45, 2.75) is 125 Å². The van der Waals surface area contributed by atoms with Crippen LogP contribution in [0.3, 0.4) is 0 Å². The molecule has 2 aliphatic rings. The van der Waals surface area contributed by atoms with Gasteiger partial charge >= 0.3 is 11.9 Å². The van der Waals surface area contributed by atoms with Crippen molar-refractivity contribution < 1.29 is 38.4 Å². The van der Waals surface area contributed by atoms with E-state index in [9.17, 15) is 14.7 Å². The zero-order chi connectivity index (χ0) is 39.5. The van der Waals surface area contributed by atoms with Gasteiger partial charge in [-0.05, 0) is 148 Å². The van der Waals surface area contributed by atoms with E-state index < -0.39 is 29.4 Å². The summed E-state index contributed by atoms with van der Waals surface area (Å²) in [6, 6.07) is 12.5. The molecule has 8 nitrogen and oxygen atoms in total. The molecule has 2 atom stereocenters. The van der Waals surface area contributed by atoms with Gasteiger partial charge in [0.25, 0.3) is 0 Å². The number of rotatable bonds is 9. The van der Waals surface area contributed by atoms with Crippen LogP contribution in [0.4, 0.5) is 0 Å². The van der Waals surface area contributed by atoms with Crippen LogP contribution in [0.1, 0.15) is 115 Å². The van der Waals surface area contributed by atoms with E-state index in [1.807, 2.05) is 80.5 Å². The fourth-order valence-corrected chi connectivity index (χ4v) is 9.38. The normalized spacial score (nSPS) is 15.1. The summed E-state index contributed by atoms with van der Waals surface area (Å²) in [5.74, 6) is 0.616. The molecule has 0 spiro atoms. The molecule has 1 N–H and O–H groups in total. The third-order valence-corrected chi connectivity index (χ3v) is 11.3. The molecule has 4 heterocycles. The van der Waals surface area contributed by atoms with Crippen LogP contribution in [0.2, 0.25) is 0 Å². The first-order valence-electron chi connectivity index (χ1n) is 18.9. The highest BCUT2D eigenvalue weighted by Crippen LogP contribution is 2.45. The van der Waals surface area contributed by atoms with Gasteiger partial charge in [-0.15, -0.1) is 22.7 Å². The zero-order valence-electron chi connectivity index (χ0n) is 33.7. The molecular formula is C44H56O8S2. The van der Waals surface area contributed by atoms with Crippen molar-refractivity contribution in [1.29, 1.82) is 0 Å². The third-order valence-electron chi connectivity index (χ3n) is 9.20. The zero-order valence-corrected chi connectivity index (χ0v) is 35.3. The first kappa shape index (κ1) is 41.5. The molecule has 0 amide bonds. The topological polar surface area (TPSA) is 101 Å². The predicted octanol–water partition coefficient (Wildman–Crippen LogP) is 11.1. The summed E-state index contributed by atoms with van der Waals surface area (Å²) >= 11 is 3.32. The second-order valence-corrected chi connectivity index (χ2v) is 18.7. The predicted molar refractivity (Wildman–Crippen MR) is 218 cm³/mol. The number of thiophene rings is 2. The number of esters is 1. The van der Waals surface area contributed by atoms with Gasteiger partial charge in [-0.25, -0.2) is 9.59 Å². The Kier molecular flexibility index (Phi) is 13.0. The maximum Gasteiger partial charge on any atom is 0.340 e. The van der Waals surface area contributed by atoms with Crippen molar-refractivity contribution in [2.24, 2.45) is 0 Å². The van der Waals surface area contributed by atoms with E-state index in [0.717, 1.165) is 98.4 Å². The van der Waals surface area contributed by atoms with E-state index in [2.05, 4.69) is 32.0 Å². The number of hydrogen-bond acceptors (Lipinski definition) is 9. The lowest BCUT2D eigenvalue weighted by Gasteiger charge is -2.27. The van der Waals surface area contributed by atoms with Gasteiger partial charge in [0.1, 0.15) is 11.5 Å². The Morgan fingerprint density at radius 2 is 1.13 bits per heavy atom. The molecular weight excluding hydrogens is 721 g/mol. The number of carbonyl (C=O) groups excluding carboxylic acids is 1. The summed E-state index contributed by atoms with van der Waals surface area (Å²) in [6.07, 6.45) is 2.32. The maximum atomic E-state index is 12.8. The number of fused-ring (bicyclic) bond motifs is 2. The van der Waals surface area contributed by atoms with Crippen LogP contribution in [0.25, 0.3) is 22.3 Å². The van der Waals surface area contributed by atoms with Gasteiger partial charge in [0.05, 0.1) is 31.0 Å². The number of carboxylic acid groups (broad SMARTS) is 1. The number of carboxylic acids is 1. The molecule has 2 aromatic heterocycles. The summed E-state index contributed by atoms with van der Waals surface area (Å²) < 4.78 is 29.0. The second kappa shape index (κ2) is 17.0. The second-order valence-electron chi connectivity index (χ2n) is 15.9. The van der Waals surface area contributed by atoms with Gasteiger partial charge in [-0.2, -0.15) is 0 Å². The van der Waals surface area contributed by atoms with Crippen LogP contribution < -0.4 is 9.47 Å². The van der Waals surface area contributed by atoms with Gasteiger partial charge < -0.3 is 28.8 Å². The van der Waals surface area contributed by atoms with Crippen LogP contribution in [0.5, 0.6) is 11.5 Å². The standard InChI is InChI=1S/C23H30O4S.C21H26O4S/c1-7-25-22(24)21(27-23(4,5)6)20-15(3)28-14(2)19(20)17-10-11-18-16(13-17)9-8-12-26-18;1-12-17(15-8-9-16-14(11-15)7-6-10-24-16)18(13(2)26-12)19(20(22)23)25-21(3,4)5/h10-11,13,21H,7-9,12H2,1-6H3;8-9,11,19H,6-7,10H2,1-5H3,(H,22,23). The first-order chi connectivity index (χ1) is 25.4. The molecule has 54 heavy (non-hydrogen) atoms. The summed E-state index contributed by atoms with van der Waals surface area (Å²) in [5.41, 5.74) is 7.29. The Morgan fingerprint density at radius 3 is 1.54 bits per heavy atom. The van der Waals surface area contributed by atoms with Gasteiger partial charge in [0.2, 0.25) is 0 Å². The lowest BCUT2D eigenvalue weighted by molar-refractivity contribution is -0.166. The number of benzene rings is 2. The van der Waals surface area contributed by atoms with E-state index in [0.29, 0.717) is 6.61 Å². The minimum Gasteiger partial charge on any atom is -0.493 e. The molecule has 2 unspecified atom stereocenters. The van der Waals surface area contributed by atoms with Crippen LogP contribution in [-0.2, 0) is 36.6 Å². The van der Waals surface area contributed by atoms with Crippen LogP contribution in [0, 0.1) is 27.7 Å². The molecule has 10 heteroatoms. The highest BCUT2D eigenvalue weighted by atomic mass is 32.1. The summed E-state index contributed by atoms with van der Waals surface area (Å²) in [7, 11) is 0. The minimum atomic E-state index is -0.984. The van der Waals surface area contributed by atoms with E-state index in [-0.39, 0.29) is 5.97 Å². The lowest BCUT2D eigenvalue weighted by Crippen LogP contribution is -2.29. The van der Waals surface area contributed by atoms with E-state index in [1.54, 1.807) is 22.7 Å². The van der Waals surface area contributed by atoms with E-state index in [1.165, 1.54) is 16.0 Å². The molecule has 0 radical (unpaired) electrons. The Hall–Kier alpha value is -3.70. The molecule has 2 aliphatic heterocycles. The third kappa shape index (κ3) is 9.75. The van der Waals surface area contributed by atoms with E-state index >= 15 is 0 Å². The monoisotopic (exact) mass is 776 g/mol. The average molecular weight is 777 g/mol. The fraction of sp³-hybridized carbons (Fsp3) is 0.500. The SMILES string of the molecule is CCOC(=O)C(OC(C)(C)C)c1c(C)sc(C)c1-c1ccc2c(c1)CCCO2.Cc1sc(C)c(C(OC(C)(C)C)C(=O)O)c1-c1ccc2c(c1)CCCO2. The minimum absolute atomic E-state index is 0.330. The van der Waals surface area contributed by atoms with Crippen molar-refractivity contribution in [3.63, 3.8) is 0 Å². The van der Waals surface area contributed by atoms with Gasteiger partial charge in [-0.3, -0.25) is 0 Å². The number of aryl methyl sites for hydroxylation is 6. The summed E-state index contributed by atoms with van der Waals surface area (Å²) in [6.45, 7) is 23.4. The van der Waals surface area contributed by atoms with Gasteiger partial charge in [0.15, 0.2) is 12.2 Å². The molecule has 0 fully saturated rings. The number of hydrogen-bond donors (Lipinski definition) is 1. The molecule has 6 rings (SSSR count). The molecule has 4 aromatic rings. The highest BCUT2D eigenvalue weighted by molar-refractivity contribution is 7.13. The molecule has 292 valence electrons. The van der Waals surface area contributed by atoms with Crippen LogP contribution in [0.15, 0.2) is 36.4 Å². The highest BCUT2D eigenvalue weighted by Gasteiger charge is 2.35. The maximum absolute atomic E-state index is 12.8. The molecule has 2 aromatic carbocycles. The molecule has 0 aliphatic carbocycles. The number of carbonyl (C=O) groups is 2. The van der Waals surface area contributed by atoms with Crippen LogP contribution in [-0.4, -0.2) is 48.1 Å². The Labute approximate surface area is 328 Å². The Morgan fingerprint density at radius 1 is 0.704 bits per heavy atom. The van der Waals surface area contributed by atoms with Crippen molar-refractivity contribution in [1.82, 2.24) is 0 Å². The smallest absolute Gasteiger partial charge is 0.340 e. The summed E-state index contributed by atoms with van der Waals surface area (Å²) in [5, 5.41) is 9.85. The van der Waals surface area contributed by atoms with E-state index in [4.69, 9.17) is 23.7 Å². The van der Waals surface area contributed by atoms with Crippen LogP contribution >= 0.6 is 22.7 Å². The largest absolute Gasteiger partial charge is 0.493 e. The molecule has 0 bridgehead atoms.